The zero-order valence-electron chi connectivity index (χ0n) is 19.0. The van der Waals surface area contributed by atoms with Gasteiger partial charge in [-0.25, -0.2) is 0 Å². The maximum atomic E-state index is 14.8. The van der Waals surface area contributed by atoms with E-state index in [1.807, 2.05) is 19.1 Å². The van der Waals surface area contributed by atoms with Crippen LogP contribution < -0.4 is 10.1 Å². The van der Waals surface area contributed by atoms with Crippen LogP contribution in [-0.2, 0) is 5.92 Å². The van der Waals surface area contributed by atoms with Gasteiger partial charge in [0.2, 0.25) is 0 Å². The highest BCUT2D eigenvalue weighted by molar-refractivity contribution is 5.96. The van der Waals surface area contributed by atoms with E-state index in [0.29, 0.717) is 22.9 Å². The normalized spacial score (nSPS) is 14.0. The number of benzene rings is 2. The van der Waals surface area contributed by atoms with Gasteiger partial charge in [0.25, 0.3) is 17.7 Å². The Bertz CT molecular complexity index is 1180. The number of ether oxygens (including phenoxy) is 1. The van der Waals surface area contributed by atoms with E-state index in [4.69, 9.17) is 4.74 Å². The fourth-order valence-corrected chi connectivity index (χ4v) is 4.01. The Morgan fingerprint density at radius 3 is 2.58 bits per heavy atom. The van der Waals surface area contributed by atoms with E-state index in [1.54, 1.807) is 32.0 Å². The SMILES string of the molecule is Cc1ccc(C(F)(F)CNC(=O)c2cc(C)nnc2Oc2cccc(C3CCC3)c2)c(C)c1. The molecule has 33 heavy (non-hydrogen) atoms. The number of aryl methyl sites for hydroxylation is 3. The fourth-order valence-electron chi connectivity index (χ4n) is 4.01. The lowest BCUT2D eigenvalue weighted by Gasteiger charge is -2.26. The number of hydrogen-bond donors (Lipinski definition) is 1. The predicted octanol–water partition coefficient (Wildman–Crippen LogP) is 5.98. The average Bonchev–Trinajstić information content (AvgIpc) is 2.72. The number of nitrogens with one attached hydrogen (secondary N) is 1. The third-order valence-corrected chi connectivity index (χ3v) is 6.02. The molecule has 0 aliphatic heterocycles. The van der Waals surface area contributed by atoms with Gasteiger partial charge in [-0.3, -0.25) is 4.79 Å². The van der Waals surface area contributed by atoms with Crippen LogP contribution in [0.4, 0.5) is 8.78 Å². The quantitative estimate of drug-likeness (QED) is 0.480. The van der Waals surface area contributed by atoms with E-state index < -0.39 is 18.4 Å². The summed E-state index contributed by atoms with van der Waals surface area (Å²) in [6.45, 7) is 4.32. The highest BCUT2D eigenvalue weighted by atomic mass is 19.3. The van der Waals surface area contributed by atoms with Crippen LogP contribution in [0.25, 0.3) is 0 Å². The summed E-state index contributed by atoms with van der Waals surface area (Å²) in [4.78, 5) is 12.9. The first-order chi connectivity index (χ1) is 15.7. The van der Waals surface area contributed by atoms with Gasteiger partial charge in [-0.1, -0.05) is 42.3 Å². The molecule has 4 rings (SSSR count). The van der Waals surface area contributed by atoms with Crippen molar-refractivity contribution in [2.24, 2.45) is 0 Å². The summed E-state index contributed by atoms with van der Waals surface area (Å²) >= 11 is 0. The topological polar surface area (TPSA) is 64.1 Å². The van der Waals surface area contributed by atoms with Crippen LogP contribution in [-0.4, -0.2) is 22.6 Å². The van der Waals surface area contributed by atoms with Gasteiger partial charge in [-0.15, -0.1) is 5.10 Å². The first kappa shape index (κ1) is 22.8. The maximum Gasteiger partial charge on any atom is 0.290 e. The Hall–Kier alpha value is -3.35. The minimum Gasteiger partial charge on any atom is -0.437 e. The van der Waals surface area contributed by atoms with Crippen molar-refractivity contribution in [2.75, 3.05) is 6.54 Å². The Labute approximate surface area is 192 Å². The van der Waals surface area contributed by atoms with Crippen LogP contribution >= 0.6 is 0 Å². The summed E-state index contributed by atoms with van der Waals surface area (Å²) in [5, 5.41) is 10.3. The number of nitrogens with zero attached hydrogens (tertiary/aromatic N) is 2. The monoisotopic (exact) mass is 451 g/mol. The van der Waals surface area contributed by atoms with Crippen molar-refractivity contribution in [3.8, 4) is 11.6 Å². The molecule has 1 aromatic heterocycles. The summed E-state index contributed by atoms with van der Waals surface area (Å²) in [7, 11) is 0. The maximum absolute atomic E-state index is 14.8. The van der Waals surface area contributed by atoms with Gasteiger partial charge in [-0.2, -0.15) is 13.9 Å². The van der Waals surface area contributed by atoms with Gasteiger partial charge in [0.15, 0.2) is 0 Å². The number of hydrogen-bond acceptors (Lipinski definition) is 4. The van der Waals surface area contributed by atoms with Crippen molar-refractivity contribution < 1.29 is 18.3 Å². The van der Waals surface area contributed by atoms with E-state index in [2.05, 4.69) is 21.6 Å². The number of amides is 1. The zero-order chi connectivity index (χ0) is 23.6. The molecule has 0 spiro atoms. The van der Waals surface area contributed by atoms with E-state index in [0.717, 1.165) is 18.4 Å². The van der Waals surface area contributed by atoms with E-state index in [-0.39, 0.29) is 17.0 Å². The van der Waals surface area contributed by atoms with Crippen molar-refractivity contribution >= 4 is 5.91 Å². The second-order valence-corrected chi connectivity index (χ2v) is 8.71. The minimum atomic E-state index is -3.22. The standard InChI is InChI=1S/C26H27F2N3O2/c1-16-10-11-23(17(2)12-16)26(27,28)15-29-24(32)22-13-18(3)30-31-25(22)33-21-9-5-8-20(14-21)19-6-4-7-19/h5,8-14,19H,4,6-7,15H2,1-3H3,(H,29,32). The molecule has 0 saturated heterocycles. The summed E-state index contributed by atoms with van der Waals surface area (Å²) in [6.07, 6.45) is 3.52. The number of carbonyl (C=O) groups is 1. The molecular weight excluding hydrogens is 424 g/mol. The highest BCUT2D eigenvalue weighted by Gasteiger charge is 2.34. The van der Waals surface area contributed by atoms with Crippen molar-refractivity contribution in [2.45, 2.75) is 51.9 Å². The van der Waals surface area contributed by atoms with Gasteiger partial charge >= 0.3 is 0 Å². The van der Waals surface area contributed by atoms with E-state index in [9.17, 15) is 13.6 Å². The molecule has 0 atom stereocenters. The largest absolute Gasteiger partial charge is 0.437 e. The molecule has 0 unspecified atom stereocenters. The first-order valence-electron chi connectivity index (χ1n) is 11.1. The van der Waals surface area contributed by atoms with Crippen LogP contribution in [0.3, 0.4) is 0 Å². The molecule has 1 aliphatic rings. The van der Waals surface area contributed by atoms with Gasteiger partial charge in [0.05, 0.1) is 12.2 Å². The van der Waals surface area contributed by atoms with Crippen LogP contribution in [0.5, 0.6) is 11.6 Å². The molecule has 1 saturated carbocycles. The van der Waals surface area contributed by atoms with Crippen LogP contribution in [0, 0.1) is 20.8 Å². The highest BCUT2D eigenvalue weighted by Crippen LogP contribution is 2.38. The summed E-state index contributed by atoms with van der Waals surface area (Å²) in [6, 6.07) is 13.9. The number of halogens is 2. The first-order valence-corrected chi connectivity index (χ1v) is 11.1. The molecule has 3 aromatic rings. The zero-order valence-corrected chi connectivity index (χ0v) is 19.0. The van der Waals surface area contributed by atoms with Crippen molar-refractivity contribution in [1.82, 2.24) is 15.5 Å². The van der Waals surface area contributed by atoms with Crippen LogP contribution in [0.1, 0.15) is 63.5 Å². The molecule has 172 valence electrons. The number of alkyl halides is 2. The lowest BCUT2D eigenvalue weighted by Crippen LogP contribution is -2.35. The number of aromatic nitrogens is 2. The fraction of sp³-hybridized carbons (Fsp3) is 0.346. The minimum absolute atomic E-state index is 0.0151. The molecule has 1 heterocycles. The molecule has 2 aromatic carbocycles. The van der Waals surface area contributed by atoms with Crippen LogP contribution in [0.15, 0.2) is 48.5 Å². The molecular formula is C26H27F2N3O2. The number of rotatable bonds is 7. The lowest BCUT2D eigenvalue weighted by molar-refractivity contribution is -0.00310. The molecule has 0 radical (unpaired) electrons. The molecule has 1 amide bonds. The van der Waals surface area contributed by atoms with Crippen molar-refractivity contribution in [3.05, 3.63) is 82.0 Å². The number of carbonyl (C=O) groups excluding carboxylic acids is 1. The Balaban J connectivity index is 1.51. The van der Waals surface area contributed by atoms with Crippen LogP contribution in [0.2, 0.25) is 0 Å². The summed E-state index contributed by atoms with van der Waals surface area (Å²) in [5.41, 5.74) is 2.99. The smallest absolute Gasteiger partial charge is 0.290 e. The second-order valence-electron chi connectivity index (χ2n) is 8.71. The van der Waals surface area contributed by atoms with E-state index >= 15 is 0 Å². The van der Waals surface area contributed by atoms with Gasteiger partial charge in [-0.05, 0) is 68.9 Å². The van der Waals surface area contributed by atoms with Gasteiger partial charge < -0.3 is 10.1 Å². The van der Waals surface area contributed by atoms with E-state index in [1.165, 1.54) is 24.1 Å². The third-order valence-electron chi connectivity index (χ3n) is 6.02. The molecule has 5 nitrogen and oxygen atoms in total. The van der Waals surface area contributed by atoms with Gasteiger partial charge in [0, 0.05) is 5.56 Å². The van der Waals surface area contributed by atoms with Crippen molar-refractivity contribution in [3.63, 3.8) is 0 Å². The molecule has 0 bridgehead atoms. The molecule has 1 N–H and O–H groups in total. The molecule has 1 fully saturated rings. The molecule has 1 aliphatic carbocycles. The third kappa shape index (κ3) is 5.18. The van der Waals surface area contributed by atoms with Gasteiger partial charge in [0.1, 0.15) is 11.3 Å². The summed E-state index contributed by atoms with van der Waals surface area (Å²) in [5.74, 6) is -2.87. The Morgan fingerprint density at radius 2 is 1.88 bits per heavy atom. The summed E-state index contributed by atoms with van der Waals surface area (Å²) < 4.78 is 35.5. The van der Waals surface area contributed by atoms with Crippen molar-refractivity contribution in [1.29, 1.82) is 0 Å². The Morgan fingerprint density at radius 1 is 1.09 bits per heavy atom. The Kier molecular flexibility index (Phi) is 6.40. The second kappa shape index (κ2) is 9.25. The molecule has 7 heteroatoms. The predicted molar refractivity (Wildman–Crippen MR) is 122 cm³/mol. The average molecular weight is 452 g/mol. The lowest BCUT2D eigenvalue weighted by atomic mass is 9.80.